The van der Waals surface area contributed by atoms with Crippen LogP contribution in [0.25, 0.3) is 11.5 Å². The molecular formula is C13H17ClN4O2. The first-order chi connectivity index (χ1) is 9.08. The third-order valence-corrected chi connectivity index (χ3v) is 3.73. The van der Waals surface area contributed by atoms with E-state index in [-0.39, 0.29) is 18.0 Å². The van der Waals surface area contributed by atoms with Crippen LogP contribution in [-0.4, -0.2) is 15.1 Å². The van der Waals surface area contributed by atoms with Gasteiger partial charge in [-0.25, -0.2) is 0 Å². The number of hydrogen-bond acceptors (Lipinski definition) is 5. The summed E-state index contributed by atoms with van der Waals surface area (Å²) >= 11 is 0. The van der Waals surface area contributed by atoms with E-state index in [1.54, 1.807) is 6.20 Å². The smallest absolute Gasteiger partial charge is 0.259 e. The van der Waals surface area contributed by atoms with E-state index in [0.29, 0.717) is 11.7 Å². The van der Waals surface area contributed by atoms with Gasteiger partial charge in [0, 0.05) is 12.3 Å². The molecule has 0 bridgehead atoms. The summed E-state index contributed by atoms with van der Waals surface area (Å²) in [4.78, 5) is 18.2. The van der Waals surface area contributed by atoms with E-state index in [2.05, 4.69) is 15.1 Å². The van der Waals surface area contributed by atoms with Crippen LogP contribution < -0.4 is 11.3 Å². The molecule has 0 aromatic carbocycles. The highest BCUT2D eigenvalue weighted by Gasteiger charge is 2.36. The molecule has 0 radical (unpaired) electrons. The second-order valence-corrected chi connectivity index (χ2v) is 5.18. The van der Waals surface area contributed by atoms with E-state index < -0.39 is 5.54 Å². The topological polar surface area (TPSA) is 97.8 Å². The number of halogens is 1. The number of nitrogens with one attached hydrogen (secondary N) is 1. The summed E-state index contributed by atoms with van der Waals surface area (Å²) in [5, 5.41) is 4.01. The van der Waals surface area contributed by atoms with Gasteiger partial charge in [-0.3, -0.25) is 4.79 Å². The lowest BCUT2D eigenvalue weighted by atomic mass is 9.98. The Balaban J connectivity index is 0.00000147. The number of aryl methyl sites for hydroxylation is 1. The minimum Gasteiger partial charge on any atom is -0.334 e. The molecule has 20 heavy (non-hydrogen) atoms. The van der Waals surface area contributed by atoms with E-state index in [1.165, 1.54) is 6.07 Å². The van der Waals surface area contributed by atoms with Crippen LogP contribution in [0, 0.1) is 6.92 Å². The molecule has 7 heteroatoms. The van der Waals surface area contributed by atoms with Crippen molar-refractivity contribution in [3.8, 4) is 11.5 Å². The highest BCUT2D eigenvalue weighted by molar-refractivity contribution is 5.85. The Bertz CT molecular complexity index is 658. The Morgan fingerprint density at radius 1 is 1.40 bits per heavy atom. The lowest BCUT2D eigenvalue weighted by Gasteiger charge is -2.17. The van der Waals surface area contributed by atoms with Crippen molar-refractivity contribution < 1.29 is 4.52 Å². The number of aromatic amines is 1. The van der Waals surface area contributed by atoms with Crippen LogP contribution in [0.1, 0.15) is 37.1 Å². The molecule has 0 unspecified atom stereocenters. The average Bonchev–Trinajstić information content (AvgIpc) is 2.99. The molecule has 0 amide bonds. The Hall–Kier alpha value is -1.66. The molecule has 1 aliphatic rings. The van der Waals surface area contributed by atoms with Gasteiger partial charge in [-0.15, -0.1) is 12.4 Å². The van der Waals surface area contributed by atoms with Crippen LogP contribution in [0.2, 0.25) is 0 Å². The molecule has 0 spiro atoms. The van der Waals surface area contributed by atoms with E-state index in [9.17, 15) is 4.79 Å². The number of hydrogen-bond donors (Lipinski definition) is 2. The minimum absolute atomic E-state index is 0. The van der Waals surface area contributed by atoms with Gasteiger partial charge in [-0.1, -0.05) is 18.0 Å². The molecule has 1 fully saturated rings. The summed E-state index contributed by atoms with van der Waals surface area (Å²) < 4.78 is 5.29. The zero-order chi connectivity index (χ0) is 13.5. The first kappa shape index (κ1) is 14.7. The van der Waals surface area contributed by atoms with Gasteiger partial charge in [-0.05, 0) is 25.3 Å². The maximum absolute atomic E-state index is 11.2. The number of nitrogens with two attached hydrogens (primary N) is 1. The molecule has 3 rings (SSSR count). The van der Waals surface area contributed by atoms with E-state index in [0.717, 1.165) is 36.8 Å². The second-order valence-electron chi connectivity index (χ2n) is 5.18. The Kier molecular flexibility index (Phi) is 3.96. The molecule has 0 aliphatic heterocycles. The average molecular weight is 297 g/mol. The Morgan fingerprint density at radius 3 is 2.75 bits per heavy atom. The number of H-pyrrole nitrogens is 1. The predicted octanol–water partition coefficient (Wildman–Crippen LogP) is 1.88. The molecule has 6 nitrogen and oxygen atoms in total. The van der Waals surface area contributed by atoms with Gasteiger partial charge in [0.25, 0.3) is 5.89 Å². The largest absolute Gasteiger partial charge is 0.334 e. The van der Waals surface area contributed by atoms with E-state index in [4.69, 9.17) is 10.3 Å². The van der Waals surface area contributed by atoms with Crippen molar-refractivity contribution in [3.63, 3.8) is 0 Å². The first-order valence-electron chi connectivity index (χ1n) is 6.41. The molecule has 0 atom stereocenters. The van der Waals surface area contributed by atoms with Gasteiger partial charge in [0.05, 0.1) is 11.1 Å². The third-order valence-electron chi connectivity index (χ3n) is 3.73. The molecule has 1 saturated carbocycles. The number of nitrogens with zero attached hydrogens (tertiary/aromatic N) is 2. The van der Waals surface area contributed by atoms with Crippen molar-refractivity contribution in [2.45, 2.75) is 38.1 Å². The summed E-state index contributed by atoms with van der Waals surface area (Å²) in [6, 6.07) is 1.51. The lowest BCUT2D eigenvalue weighted by Crippen LogP contribution is -2.34. The Morgan fingerprint density at radius 2 is 2.10 bits per heavy atom. The number of pyridine rings is 1. The molecule has 2 heterocycles. The lowest BCUT2D eigenvalue weighted by molar-refractivity contribution is 0.372. The van der Waals surface area contributed by atoms with Crippen LogP contribution in [-0.2, 0) is 5.54 Å². The molecule has 3 N–H and O–H groups in total. The summed E-state index contributed by atoms with van der Waals surface area (Å²) in [5.74, 6) is 0.964. The fourth-order valence-corrected chi connectivity index (χ4v) is 2.57. The molecular weight excluding hydrogens is 280 g/mol. The molecule has 2 aromatic rings. The third kappa shape index (κ3) is 2.48. The van der Waals surface area contributed by atoms with Crippen LogP contribution >= 0.6 is 12.4 Å². The quantitative estimate of drug-likeness (QED) is 0.882. The summed E-state index contributed by atoms with van der Waals surface area (Å²) in [7, 11) is 0. The molecule has 1 aliphatic carbocycles. The summed E-state index contributed by atoms with van der Waals surface area (Å²) in [5.41, 5.74) is 7.22. The van der Waals surface area contributed by atoms with Crippen LogP contribution in [0.3, 0.4) is 0 Å². The summed E-state index contributed by atoms with van der Waals surface area (Å²) in [6.07, 6.45) is 5.55. The number of aromatic nitrogens is 3. The zero-order valence-electron chi connectivity index (χ0n) is 11.2. The van der Waals surface area contributed by atoms with Crippen molar-refractivity contribution in [1.29, 1.82) is 0 Å². The molecule has 108 valence electrons. The summed E-state index contributed by atoms with van der Waals surface area (Å²) in [6.45, 7) is 1.84. The van der Waals surface area contributed by atoms with Crippen molar-refractivity contribution in [2.24, 2.45) is 5.73 Å². The van der Waals surface area contributed by atoms with Crippen molar-refractivity contribution >= 4 is 12.4 Å². The highest BCUT2D eigenvalue weighted by Crippen LogP contribution is 2.35. The fourth-order valence-electron chi connectivity index (χ4n) is 2.57. The molecule has 2 aromatic heterocycles. The minimum atomic E-state index is -0.460. The second kappa shape index (κ2) is 5.38. The highest BCUT2D eigenvalue weighted by atomic mass is 35.5. The Labute approximate surface area is 122 Å². The maximum Gasteiger partial charge on any atom is 0.259 e. The van der Waals surface area contributed by atoms with Gasteiger partial charge in [0.1, 0.15) is 0 Å². The van der Waals surface area contributed by atoms with Crippen LogP contribution in [0.4, 0.5) is 0 Å². The SMILES string of the molecule is Cc1cc(=O)[nH]cc1-c1nc(C2(N)CCCC2)no1.Cl. The van der Waals surface area contributed by atoms with Gasteiger partial charge in [0.15, 0.2) is 5.82 Å². The van der Waals surface area contributed by atoms with Gasteiger partial charge in [0.2, 0.25) is 5.56 Å². The maximum atomic E-state index is 11.2. The van der Waals surface area contributed by atoms with Gasteiger partial charge < -0.3 is 15.2 Å². The molecule has 0 saturated heterocycles. The van der Waals surface area contributed by atoms with Crippen molar-refractivity contribution in [3.05, 3.63) is 34.0 Å². The van der Waals surface area contributed by atoms with Crippen LogP contribution in [0.15, 0.2) is 21.6 Å². The zero-order valence-corrected chi connectivity index (χ0v) is 12.0. The first-order valence-corrected chi connectivity index (χ1v) is 6.41. The van der Waals surface area contributed by atoms with Crippen molar-refractivity contribution in [1.82, 2.24) is 15.1 Å². The predicted molar refractivity (Wildman–Crippen MR) is 76.7 cm³/mol. The van der Waals surface area contributed by atoms with Gasteiger partial charge in [-0.2, -0.15) is 4.98 Å². The van der Waals surface area contributed by atoms with Gasteiger partial charge >= 0.3 is 0 Å². The van der Waals surface area contributed by atoms with Crippen molar-refractivity contribution in [2.75, 3.05) is 0 Å². The van der Waals surface area contributed by atoms with E-state index in [1.807, 2.05) is 6.92 Å². The number of rotatable bonds is 2. The normalized spacial score (nSPS) is 16.9. The van der Waals surface area contributed by atoms with E-state index >= 15 is 0 Å². The fraction of sp³-hybridized carbons (Fsp3) is 0.462. The standard InChI is InChI=1S/C13H16N4O2.ClH/c1-8-6-10(18)15-7-9(8)11-16-12(17-19-11)13(14)4-2-3-5-13;/h6-7H,2-5,14H2,1H3,(H,15,18);1H. The monoisotopic (exact) mass is 296 g/mol. The van der Waals surface area contributed by atoms with Crippen LogP contribution in [0.5, 0.6) is 0 Å².